The van der Waals surface area contributed by atoms with Gasteiger partial charge in [-0.2, -0.15) is 8.78 Å². The highest BCUT2D eigenvalue weighted by Gasteiger charge is 2.18. The Morgan fingerprint density at radius 3 is 2.71 bits per heavy atom. The summed E-state index contributed by atoms with van der Waals surface area (Å²) in [7, 11) is 0. The number of amides is 1. The molecule has 0 aliphatic carbocycles. The number of ether oxygens (including phenoxy) is 1. The van der Waals surface area contributed by atoms with Gasteiger partial charge in [-0.15, -0.1) is 0 Å². The molecule has 2 aromatic rings. The quantitative estimate of drug-likeness (QED) is 0.637. The van der Waals surface area contributed by atoms with Gasteiger partial charge in [0.05, 0.1) is 5.56 Å². The first-order valence-corrected chi connectivity index (χ1v) is 7.78. The Balaban J connectivity index is 1.96. The van der Waals surface area contributed by atoms with Crippen LogP contribution >= 0.6 is 11.8 Å². The van der Waals surface area contributed by atoms with Crippen molar-refractivity contribution in [3.63, 3.8) is 0 Å². The van der Waals surface area contributed by atoms with E-state index >= 15 is 0 Å². The number of anilines is 1. The molecule has 1 N–H and O–H groups in total. The molecule has 1 aromatic carbocycles. The molecule has 0 unspecified atom stereocenters. The molecule has 24 heavy (non-hydrogen) atoms. The number of esters is 1. The van der Waals surface area contributed by atoms with Crippen LogP contribution in [-0.2, 0) is 9.53 Å². The molecule has 126 valence electrons. The van der Waals surface area contributed by atoms with Gasteiger partial charge in [0.1, 0.15) is 5.03 Å². The summed E-state index contributed by atoms with van der Waals surface area (Å²) in [5.41, 5.74) is 1.36. The molecule has 0 aliphatic heterocycles. The number of aromatic nitrogens is 1. The van der Waals surface area contributed by atoms with Crippen LogP contribution in [0.5, 0.6) is 0 Å². The lowest BCUT2D eigenvalue weighted by Crippen LogP contribution is -2.21. The number of pyridine rings is 1. The number of carbonyl (C=O) groups excluding carboxylic acids is 2. The van der Waals surface area contributed by atoms with Gasteiger partial charge in [0, 0.05) is 11.9 Å². The predicted molar refractivity (Wildman–Crippen MR) is 86.2 cm³/mol. The van der Waals surface area contributed by atoms with Crippen LogP contribution in [0.25, 0.3) is 0 Å². The zero-order valence-electron chi connectivity index (χ0n) is 12.7. The standard InChI is InChI=1S/C16H14F2N2O3S/c1-10-5-2-3-7-12(10)20-13(21)9-23-15(22)11-6-4-8-19-14(11)24-16(17)18/h2-8,16H,9H2,1H3,(H,20,21). The van der Waals surface area contributed by atoms with Crippen molar-refractivity contribution in [2.24, 2.45) is 0 Å². The molecule has 0 atom stereocenters. The Bertz CT molecular complexity index is 741. The molecule has 0 aliphatic rings. The normalized spacial score (nSPS) is 10.5. The molecule has 0 saturated carbocycles. The van der Waals surface area contributed by atoms with Gasteiger partial charge in [0.2, 0.25) is 0 Å². The summed E-state index contributed by atoms with van der Waals surface area (Å²) < 4.78 is 29.8. The van der Waals surface area contributed by atoms with E-state index in [1.807, 2.05) is 19.1 Å². The number of hydrogen-bond acceptors (Lipinski definition) is 5. The van der Waals surface area contributed by atoms with Crippen LogP contribution in [0.3, 0.4) is 0 Å². The van der Waals surface area contributed by atoms with Crippen molar-refractivity contribution in [2.45, 2.75) is 17.7 Å². The van der Waals surface area contributed by atoms with Crippen LogP contribution in [0.15, 0.2) is 47.6 Å². The minimum absolute atomic E-state index is 0.105. The maximum atomic E-state index is 12.5. The summed E-state index contributed by atoms with van der Waals surface area (Å²) in [4.78, 5) is 27.5. The Kier molecular flexibility index (Phi) is 6.25. The second-order valence-electron chi connectivity index (χ2n) is 4.67. The molecule has 1 heterocycles. The number of thioether (sulfide) groups is 1. The molecule has 0 bridgehead atoms. The number of carbonyl (C=O) groups is 2. The fraction of sp³-hybridized carbons (Fsp3) is 0.188. The third-order valence-corrected chi connectivity index (χ3v) is 3.67. The predicted octanol–water partition coefficient (Wildman–Crippen LogP) is 3.50. The minimum atomic E-state index is -2.71. The lowest BCUT2D eigenvalue weighted by atomic mass is 10.2. The van der Waals surface area contributed by atoms with Gasteiger partial charge in [-0.05, 0) is 42.4 Å². The first-order valence-electron chi connectivity index (χ1n) is 6.90. The summed E-state index contributed by atoms with van der Waals surface area (Å²) >= 11 is 0.146. The number of alkyl halides is 2. The van der Waals surface area contributed by atoms with E-state index in [2.05, 4.69) is 10.3 Å². The van der Waals surface area contributed by atoms with Crippen LogP contribution in [-0.4, -0.2) is 29.2 Å². The lowest BCUT2D eigenvalue weighted by molar-refractivity contribution is -0.119. The lowest BCUT2D eigenvalue weighted by Gasteiger charge is -2.10. The molecule has 0 radical (unpaired) electrons. The molecular weight excluding hydrogens is 338 g/mol. The molecule has 1 amide bonds. The number of nitrogens with zero attached hydrogens (tertiary/aromatic N) is 1. The van der Waals surface area contributed by atoms with E-state index in [1.54, 1.807) is 12.1 Å². The van der Waals surface area contributed by atoms with Gasteiger partial charge in [-0.25, -0.2) is 9.78 Å². The van der Waals surface area contributed by atoms with Crippen molar-refractivity contribution in [2.75, 3.05) is 11.9 Å². The fourth-order valence-electron chi connectivity index (χ4n) is 1.83. The van der Waals surface area contributed by atoms with E-state index in [9.17, 15) is 18.4 Å². The molecule has 0 fully saturated rings. The van der Waals surface area contributed by atoms with Crippen molar-refractivity contribution in [1.29, 1.82) is 0 Å². The summed E-state index contributed by atoms with van der Waals surface area (Å²) in [5.74, 6) is -4.12. The average Bonchev–Trinajstić information content (AvgIpc) is 2.55. The highest BCUT2D eigenvalue weighted by atomic mass is 32.2. The van der Waals surface area contributed by atoms with Crippen LogP contribution < -0.4 is 5.32 Å². The Morgan fingerprint density at radius 2 is 2.00 bits per heavy atom. The largest absolute Gasteiger partial charge is 0.452 e. The summed E-state index contributed by atoms with van der Waals surface area (Å²) in [6, 6.07) is 9.88. The second-order valence-corrected chi connectivity index (χ2v) is 5.65. The minimum Gasteiger partial charge on any atom is -0.452 e. The van der Waals surface area contributed by atoms with E-state index in [0.717, 1.165) is 5.56 Å². The zero-order chi connectivity index (χ0) is 17.5. The fourth-order valence-corrected chi connectivity index (χ4v) is 2.40. The summed E-state index contributed by atoms with van der Waals surface area (Å²) in [6.45, 7) is 1.30. The molecule has 8 heteroatoms. The highest BCUT2D eigenvalue weighted by Crippen LogP contribution is 2.26. The average molecular weight is 352 g/mol. The van der Waals surface area contributed by atoms with E-state index in [-0.39, 0.29) is 22.4 Å². The van der Waals surface area contributed by atoms with Crippen LogP contribution in [0.1, 0.15) is 15.9 Å². The first kappa shape index (κ1) is 17.9. The molecule has 1 aromatic heterocycles. The molecule has 5 nitrogen and oxygen atoms in total. The van der Waals surface area contributed by atoms with E-state index in [0.29, 0.717) is 5.69 Å². The highest BCUT2D eigenvalue weighted by molar-refractivity contribution is 7.99. The Hall–Kier alpha value is -2.48. The summed E-state index contributed by atoms with van der Waals surface area (Å²) in [5, 5.41) is 2.47. The number of halogens is 2. The Labute approximate surface area is 141 Å². The van der Waals surface area contributed by atoms with Gasteiger partial charge in [0.15, 0.2) is 6.61 Å². The third kappa shape index (κ3) is 5.02. The number of nitrogens with one attached hydrogen (secondary N) is 1. The van der Waals surface area contributed by atoms with Gasteiger partial charge < -0.3 is 10.1 Å². The number of benzene rings is 1. The number of hydrogen-bond donors (Lipinski definition) is 1. The van der Waals surface area contributed by atoms with Gasteiger partial charge in [-0.1, -0.05) is 18.2 Å². The maximum absolute atomic E-state index is 12.5. The zero-order valence-corrected chi connectivity index (χ0v) is 13.5. The molecule has 0 spiro atoms. The number of para-hydroxylation sites is 1. The van der Waals surface area contributed by atoms with Gasteiger partial charge >= 0.3 is 5.97 Å². The van der Waals surface area contributed by atoms with Crippen molar-refractivity contribution < 1.29 is 23.1 Å². The SMILES string of the molecule is Cc1ccccc1NC(=O)COC(=O)c1cccnc1SC(F)F. The van der Waals surface area contributed by atoms with Crippen LogP contribution in [0.2, 0.25) is 0 Å². The topological polar surface area (TPSA) is 68.3 Å². The van der Waals surface area contributed by atoms with Gasteiger partial charge in [-0.3, -0.25) is 4.79 Å². The molecular formula is C16H14F2N2O3S. The van der Waals surface area contributed by atoms with Crippen LogP contribution in [0.4, 0.5) is 14.5 Å². The van der Waals surface area contributed by atoms with E-state index in [1.165, 1.54) is 18.3 Å². The number of rotatable bonds is 6. The molecule has 0 saturated heterocycles. The summed E-state index contributed by atoms with van der Waals surface area (Å²) in [6.07, 6.45) is 1.30. The van der Waals surface area contributed by atoms with E-state index < -0.39 is 24.2 Å². The molecule has 2 rings (SSSR count). The number of aryl methyl sites for hydroxylation is 1. The van der Waals surface area contributed by atoms with Crippen molar-refractivity contribution in [3.8, 4) is 0 Å². The van der Waals surface area contributed by atoms with Crippen molar-refractivity contribution in [1.82, 2.24) is 4.98 Å². The maximum Gasteiger partial charge on any atom is 0.341 e. The van der Waals surface area contributed by atoms with Crippen LogP contribution in [0, 0.1) is 6.92 Å². The van der Waals surface area contributed by atoms with E-state index in [4.69, 9.17) is 4.74 Å². The second kappa shape index (κ2) is 8.39. The van der Waals surface area contributed by atoms with Gasteiger partial charge in [0.25, 0.3) is 11.7 Å². The van der Waals surface area contributed by atoms with Crippen molar-refractivity contribution >= 4 is 29.3 Å². The Morgan fingerprint density at radius 1 is 1.25 bits per heavy atom. The third-order valence-electron chi connectivity index (χ3n) is 2.95. The monoisotopic (exact) mass is 352 g/mol. The first-order chi connectivity index (χ1) is 11.5. The van der Waals surface area contributed by atoms with Crippen molar-refractivity contribution in [3.05, 3.63) is 53.7 Å². The smallest absolute Gasteiger partial charge is 0.341 e.